The number of anilines is 1. The summed E-state index contributed by atoms with van der Waals surface area (Å²) in [6.07, 6.45) is 1.46. The van der Waals surface area contributed by atoms with Crippen LogP contribution in [0.3, 0.4) is 0 Å². The van der Waals surface area contributed by atoms with E-state index in [2.05, 4.69) is 27.9 Å². The molecule has 0 aliphatic heterocycles. The summed E-state index contributed by atoms with van der Waals surface area (Å²) in [4.78, 5) is 12.4. The molecule has 7 heteroatoms. The number of nitrogens with zero attached hydrogens (tertiary/aromatic N) is 1. The van der Waals surface area contributed by atoms with E-state index in [4.69, 9.17) is 21.1 Å². The van der Waals surface area contributed by atoms with Crippen LogP contribution in [0.4, 0.5) is 5.69 Å². The molecule has 0 saturated heterocycles. The second kappa shape index (κ2) is 9.46. The zero-order valence-electron chi connectivity index (χ0n) is 14.2. The smallest absolute Gasteiger partial charge is 0.266 e. The molecule has 2 rings (SSSR count). The molecule has 0 fully saturated rings. The normalized spacial score (nSPS) is 10.8. The number of rotatable bonds is 6. The quantitative estimate of drug-likeness (QED) is 0.361. The zero-order valence-corrected chi connectivity index (χ0v) is 17.1. The first kappa shape index (κ1) is 20.1. The minimum atomic E-state index is -0.501. The topological polar surface area (TPSA) is 71.3 Å². The number of nitriles is 1. The highest BCUT2D eigenvalue weighted by Gasteiger charge is 2.14. The monoisotopic (exact) mass is 482 g/mol. The highest BCUT2D eigenvalue weighted by molar-refractivity contribution is 14.1. The average molecular weight is 483 g/mol. The molecule has 0 radical (unpaired) electrons. The number of halogens is 2. The number of methoxy groups -OCH3 is 1. The van der Waals surface area contributed by atoms with Crippen LogP contribution in [0.5, 0.6) is 11.5 Å². The maximum Gasteiger partial charge on any atom is 0.266 e. The molecule has 1 amide bonds. The molecule has 0 heterocycles. The van der Waals surface area contributed by atoms with Crippen molar-refractivity contribution in [2.45, 2.75) is 6.92 Å². The number of carbonyl (C=O) groups is 1. The molecule has 0 saturated carbocycles. The molecule has 134 valence electrons. The van der Waals surface area contributed by atoms with Gasteiger partial charge in [0, 0.05) is 9.26 Å². The summed E-state index contributed by atoms with van der Waals surface area (Å²) in [6, 6.07) is 12.5. The number of hydrogen-bond acceptors (Lipinski definition) is 4. The van der Waals surface area contributed by atoms with Gasteiger partial charge in [0.15, 0.2) is 11.5 Å². The lowest BCUT2D eigenvalue weighted by Crippen LogP contribution is -2.13. The number of amides is 1. The molecular formula is C19H16ClIN2O3. The third-order valence-electron chi connectivity index (χ3n) is 3.29. The molecule has 0 atom stereocenters. The first-order valence-corrected chi connectivity index (χ1v) is 9.13. The number of benzene rings is 2. The van der Waals surface area contributed by atoms with Crippen molar-refractivity contribution in [3.05, 3.63) is 56.1 Å². The van der Waals surface area contributed by atoms with Crippen molar-refractivity contribution < 1.29 is 14.3 Å². The van der Waals surface area contributed by atoms with Crippen LogP contribution in [0.1, 0.15) is 12.5 Å². The molecular weight excluding hydrogens is 467 g/mol. The van der Waals surface area contributed by atoms with Crippen LogP contribution in [-0.4, -0.2) is 19.6 Å². The van der Waals surface area contributed by atoms with Crippen LogP contribution in [0, 0.1) is 14.9 Å². The Morgan fingerprint density at radius 1 is 1.38 bits per heavy atom. The largest absolute Gasteiger partial charge is 0.491 e. The van der Waals surface area contributed by atoms with Gasteiger partial charge in [0.25, 0.3) is 5.91 Å². The average Bonchev–Trinajstić information content (AvgIpc) is 2.59. The Hall–Kier alpha value is -2.24. The van der Waals surface area contributed by atoms with E-state index in [0.717, 1.165) is 3.57 Å². The van der Waals surface area contributed by atoms with E-state index in [0.29, 0.717) is 34.4 Å². The Labute approximate surface area is 170 Å². The summed E-state index contributed by atoms with van der Waals surface area (Å²) >= 11 is 8.35. The van der Waals surface area contributed by atoms with E-state index < -0.39 is 5.91 Å². The highest BCUT2D eigenvalue weighted by Crippen LogP contribution is 2.36. The van der Waals surface area contributed by atoms with Gasteiger partial charge in [0.1, 0.15) is 11.6 Å². The Balaban J connectivity index is 2.33. The second-order valence-corrected chi connectivity index (χ2v) is 6.75. The minimum absolute atomic E-state index is 0.0486. The van der Waals surface area contributed by atoms with Crippen molar-refractivity contribution in [3.8, 4) is 17.6 Å². The van der Waals surface area contributed by atoms with Gasteiger partial charge in [-0.15, -0.1) is 0 Å². The number of ether oxygens (including phenoxy) is 2. The molecule has 2 aromatic carbocycles. The van der Waals surface area contributed by atoms with Gasteiger partial charge in [-0.05, 0) is 71.5 Å². The standard InChI is InChI=1S/C19H16ClIN2O3/c1-3-26-17-9-12(8-16(20)18(17)25-2)7-13(11-22)19(24)23-15-6-4-5-14(21)10-15/h4-10H,3H2,1-2H3,(H,23,24)/b13-7+. The van der Waals surface area contributed by atoms with Crippen LogP contribution in [0.15, 0.2) is 42.0 Å². The molecule has 5 nitrogen and oxygen atoms in total. The summed E-state index contributed by atoms with van der Waals surface area (Å²) in [5.74, 6) is 0.357. The Morgan fingerprint density at radius 3 is 2.77 bits per heavy atom. The first-order chi connectivity index (χ1) is 12.5. The summed E-state index contributed by atoms with van der Waals surface area (Å²) in [5.41, 5.74) is 1.13. The van der Waals surface area contributed by atoms with E-state index in [-0.39, 0.29) is 5.57 Å². The minimum Gasteiger partial charge on any atom is -0.491 e. The van der Waals surface area contributed by atoms with Gasteiger partial charge >= 0.3 is 0 Å². The Bertz CT molecular complexity index is 891. The molecule has 0 bridgehead atoms. The molecule has 2 aromatic rings. The summed E-state index contributed by atoms with van der Waals surface area (Å²) in [7, 11) is 1.49. The van der Waals surface area contributed by atoms with Crippen molar-refractivity contribution in [2.75, 3.05) is 19.0 Å². The van der Waals surface area contributed by atoms with E-state index in [9.17, 15) is 10.1 Å². The van der Waals surface area contributed by atoms with Crippen LogP contribution in [0.2, 0.25) is 5.02 Å². The van der Waals surface area contributed by atoms with Crippen molar-refractivity contribution >= 4 is 51.9 Å². The van der Waals surface area contributed by atoms with Gasteiger partial charge < -0.3 is 14.8 Å². The number of carbonyl (C=O) groups excluding carboxylic acids is 1. The van der Waals surface area contributed by atoms with Crippen LogP contribution in [-0.2, 0) is 4.79 Å². The SMILES string of the molecule is CCOc1cc(/C=C(\C#N)C(=O)Nc2cccc(I)c2)cc(Cl)c1OC. The van der Waals surface area contributed by atoms with Gasteiger partial charge in [-0.25, -0.2) is 0 Å². The number of nitrogens with one attached hydrogen (secondary N) is 1. The third-order valence-corrected chi connectivity index (χ3v) is 4.25. The van der Waals surface area contributed by atoms with Gasteiger partial charge in [0.2, 0.25) is 0 Å². The Morgan fingerprint density at radius 2 is 2.15 bits per heavy atom. The molecule has 0 aliphatic rings. The highest BCUT2D eigenvalue weighted by atomic mass is 127. The number of hydrogen-bond donors (Lipinski definition) is 1. The predicted molar refractivity (Wildman–Crippen MR) is 111 cm³/mol. The molecule has 0 aromatic heterocycles. The van der Waals surface area contributed by atoms with Crippen molar-refractivity contribution in [1.82, 2.24) is 0 Å². The molecule has 0 spiro atoms. The molecule has 26 heavy (non-hydrogen) atoms. The predicted octanol–water partition coefficient (Wildman–Crippen LogP) is 4.90. The van der Waals surface area contributed by atoms with E-state index in [1.54, 1.807) is 18.2 Å². The zero-order chi connectivity index (χ0) is 19.1. The first-order valence-electron chi connectivity index (χ1n) is 7.67. The van der Waals surface area contributed by atoms with Crippen molar-refractivity contribution in [3.63, 3.8) is 0 Å². The fraction of sp³-hybridized carbons (Fsp3) is 0.158. The third kappa shape index (κ3) is 5.13. The summed E-state index contributed by atoms with van der Waals surface area (Å²) < 4.78 is 11.7. The fourth-order valence-corrected chi connectivity index (χ4v) is 3.05. The maximum absolute atomic E-state index is 12.4. The summed E-state index contributed by atoms with van der Waals surface area (Å²) in [6.45, 7) is 2.27. The van der Waals surface area contributed by atoms with Crippen molar-refractivity contribution in [1.29, 1.82) is 5.26 Å². The van der Waals surface area contributed by atoms with Crippen LogP contribution in [0.25, 0.3) is 6.08 Å². The second-order valence-electron chi connectivity index (χ2n) is 5.10. The van der Waals surface area contributed by atoms with E-state index >= 15 is 0 Å². The molecule has 0 aliphatic carbocycles. The van der Waals surface area contributed by atoms with Gasteiger partial charge in [0.05, 0.1) is 18.7 Å². The van der Waals surface area contributed by atoms with Gasteiger partial charge in [-0.1, -0.05) is 17.7 Å². The fourth-order valence-electron chi connectivity index (χ4n) is 2.21. The summed E-state index contributed by atoms with van der Waals surface area (Å²) in [5, 5.41) is 12.4. The Kier molecular flexibility index (Phi) is 7.30. The van der Waals surface area contributed by atoms with Crippen LogP contribution < -0.4 is 14.8 Å². The van der Waals surface area contributed by atoms with Crippen molar-refractivity contribution in [2.24, 2.45) is 0 Å². The van der Waals surface area contributed by atoms with Gasteiger partial charge in [-0.2, -0.15) is 5.26 Å². The molecule has 0 unspecified atom stereocenters. The van der Waals surface area contributed by atoms with E-state index in [1.807, 2.05) is 31.2 Å². The lowest BCUT2D eigenvalue weighted by Gasteiger charge is -2.12. The molecule has 1 N–H and O–H groups in total. The maximum atomic E-state index is 12.4. The van der Waals surface area contributed by atoms with Crippen LogP contribution >= 0.6 is 34.2 Å². The van der Waals surface area contributed by atoms with Gasteiger partial charge in [-0.3, -0.25) is 4.79 Å². The van der Waals surface area contributed by atoms with E-state index in [1.165, 1.54) is 13.2 Å². The lowest BCUT2D eigenvalue weighted by atomic mass is 10.1. The lowest BCUT2D eigenvalue weighted by molar-refractivity contribution is -0.112.